The Bertz CT molecular complexity index is 645. The average molecular weight is 357 g/mol. The standard InChI is InChI=1S/C14H11BrClNOS/c1-8-2-3-9(6-13(8)16)17-14(18)11-7-10(19)4-5-12(11)15/h2-7,19H,1H3,(H,17,18). The largest absolute Gasteiger partial charge is 0.322 e. The van der Waals surface area contributed by atoms with Crippen LogP contribution in [0.2, 0.25) is 5.02 Å². The smallest absolute Gasteiger partial charge is 0.256 e. The number of rotatable bonds is 2. The van der Waals surface area contributed by atoms with Crippen LogP contribution in [0.4, 0.5) is 5.69 Å². The van der Waals surface area contributed by atoms with Crippen LogP contribution in [0.25, 0.3) is 0 Å². The van der Waals surface area contributed by atoms with E-state index in [1.807, 2.05) is 25.1 Å². The normalized spacial score (nSPS) is 10.3. The van der Waals surface area contributed by atoms with Crippen LogP contribution in [0.3, 0.4) is 0 Å². The number of benzene rings is 2. The highest BCUT2D eigenvalue weighted by Gasteiger charge is 2.11. The first kappa shape index (κ1) is 14.4. The molecule has 0 aliphatic carbocycles. The molecule has 0 bridgehead atoms. The number of aryl methyl sites for hydroxylation is 1. The van der Waals surface area contributed by atoms with Gasteiger partial charge >= 0.3 is 0 Å². The Morgan fingerprint density at radius 3 is 2.68 bits per heavy atom. The van der Waals surface area contributed by atoms with Gasteiger partial charge in [0.15, 0.2) is 0 Å². The first-order chi connectivity index (χ1) is 8.97. The summed E-state index contributed by atoms with van der Waals surface area (Å²) in [5.41, 5.74) is 2.17. The van der Waals surface area contributed by atoms with Crippen molar-refractivity contribution in [3.8, 4) is 0 Å². The molecule has 2 nitrogen and oxygen atoms in total. The minimum Gasteiger partial charge on any atom is -0.322 e. The molecule has 1 amide bonds. The van der Waals surface area contributed by atoms with Crippen molar-refractivity contribution in [1.29, 1.82) is 0 Å². The van der Waals surface area contributed by atoms with Gasteiger partial charge in [-0.25, -0.2) is 0 Å². The number of hydrogen-bond donors (Lipinski definition) is 2. The summed E-state index contributed by atoms with van der Waals surface area (Å²) in [5, 5.41) is 3.43. The maximum Gasteiger partial charge on any atom is 0.256 e. The van der Waals surface area contributed by atoms with Crippen molar-refractivity contribution in [2.45, 2.75) is 11.8 Å². The van der Waals surface area contributed by atoms with Crippen LogP contribution in [-0.2, 0) is 0 Å². The fourth-order valence-electron chi connectivity index (χ4n) is 1.56. The molecule has 0 spiro atoms. The number of thiol groups is 1. The van der Waals surface area contributed by atoms with Gasteiger partial charge in [0.2, 0.25) is 0 Å². The zero-order valence-electron chi connectivity index (χ0n) is 10.1. The summed E-state index contributed by atoms with van der Waals surface area (Å²) in [4.78, 5) is 12.9. The van der Waals surface area contributed by atoms with Crippen molar-refractivity contribution < 1.29 is 4.79 Å². The Labute approximate surface area is 130 Å². The molecule has 0 radical (unpaired) electrons. The first-order valence-corrected chi connectivity index (χ1v) is 7.15. The second-order valence-corrected chi connectivity index (χ2v) is 5.86. The fourth-order valence-corrected chi connectivity index (χ4v) is 2.37. The Morgan fingerprint density at radius 2 is 2.00 bits per heavy atom. The van der Waals surface area contributed by atoms with Gasteiger partial charge in [-0.3, -0.25) is 4.79 Å². The summed E-state index contributed by atoms with van der Waals surface area (Å²) in [6, 6.07) is 10.7. The molecule has 0 atom stereocenters. The van der Waals surface area contributed by atoms with Crippen LogP contribution < -0.4 is 5.32 Å². The van der Waals surface area contributed by atoms with Crippen molar-refractivity contribution in [3.63, 3.8) is 0 Å². The third kappa shape index (κ3) is 3.53. The van der Waals surface area contributed by atoms with Crippen molar-refractivity contribution in [1.82, 2.24) is 0 Å². The molecule has 0 saturated heterocycles. The van der Waals surface area contributed by atoms with Gasteiger partial charge in [-0.2, -0.15) is 0 Å². The maximum atomic E-state index is 12.2. The number of halogens is 2. The lowest BCUT2D eigenvalue weighted by atomic mass is 10.2. The fraction of sp³-hybridized carbons (Fsp3) is 0.0714. The molecule has 19 heavy (non-hydrogen) atoms. The Kier molecular flexibility index (Phi) is 4.55. The second-order valence-electron chi connectivity index (χ2n) is 4.08. The minimum atomic E-state index is -0.206. The lowest BCUT2D eigenvalue weighted by Gasteiger charge is -2.08. The molecule has 98 valence electrons. The SMILES string of the molecule is Cc1ccc(NC(=O)c2cc(S)ccc2Br)cc1Cl. The average Bonchev–Trinajstić information content (AvgIpc) is 2.36. The van der Waals surface area contributed by atoms with Gasteiger partial charge in [0.05, 0.1) is 5.56 Å². The van der Waals surface area contributed by atoms with E-state index < -0.39 is 0 Å². The van der Waals surface area contributed by atoms with Crippen molar-refractivity contribution in [2.75, 3.05) is 5.32 Å². The summed E-state index contributed by atoms with van der Waals surface area (Å²) in [6.07, 6.45) is 0. The Hall–Kier alpha value is -0.970. The summed E-state index contributed by atoms with van der Waals surface area (Å²) in [7, 11) is 0. The third-order valence-corrected chi connectivity index (χ3v) is 4.00. The van der Waals surface area contributed by atoms with Crippen LogP contribution in [0.15, 0.2) is 45.8 Å². The van der Waals surface area contributed by atoms with E-state index in [0.29, 0.717) is 16.3 Å². The molecule has 0 aromatic heterocycles. The minimum absolute atomic E-state index is 0.206. The van der Waals surface area contributed by atoms with Gasteiger partial charge in [0.25, 0.3) is 5.91 Å². The lowest BCUT2D eigenvalue weighted by Crippen LogP contribution is -2.12. The van der Waals surface area contributed by atoms with E-state index in [2.05, 4.69) is 33.9 Å². The highest BCUT2D eigenvalue weighted by molar-refractivity contribution is 9.10. The van der Waals surface area contributed by atoms with Crippen molar-refractivity contribution in [2.24, 2.45) is 0 Å². The lowest BCUT2D eigenvalue weighted by molar-refractivity contribution is 0.102. The van der Waals surface area contributed by atoms with Crippen LogP contribution >= 0.6 is 40.2 Å². The molecule has 5 heteroatoms. The quantitative estimate of drug-likeness (QED) is 0.732. The van der Waals surface area contributed by atoms with E-state index in [0.717, 1.165) is 14.9 Å². The molecule has 2 rings (SSSR count). The van der Waals surface area contributed by atoms with Crippen LogP contribution in [0.1, 0.15) is 15.9 Å². The first-order valence-electron chi connectivity index (χ1n) is 5.53. The van der Waals surface area contributed by atoms with Crippen LogP contribution in [0.5, 0.6) is 0 Å². The van der Waals surface area contributed by atoms with E-state index in [1.54, 1.807) is 18.2 Å². The molecule has 0 unspecified atom stereocenters. The number of amides is 1. The van der Waals surface area contributed by atoms with Crippen molar-refractivity contribution in [3.05, 3.63) is 57.0 Å². The summed E-state index contributed by atoms with van der Waals surface area (Å²) in [6.45, 7) is 1.91. The highest BCUT2D eigenvalue weighted by Crippen LogP contribution is 2.23. The number of carbonyl (C=O) groups excluding carboxylic acids is 1. The number of nitrogens with one attached hydrogen (secondary N) is 1. The summed E-state index contributed by atoms with van der Waals surface area (Å²) >= 11 is 13.6. The van der Waals surface area contributed by atoms with E-state index in [1.165, 1.54) is 0 Å². The van der Waals surface area contributed by atoms with Gasteiger partial charge < -0.3 is 5.32 Å². The molecular formula is C14H11BrClNOS. The van der Waals surface area contributed by atoms with E-state index in [-0.39, 0.29) is 5.91 Å². The Morgan fingerprint density at radius 1 is 1.26 bits per heavy atom. The van der Waals surface area contributed by atoms with Gasteiger partial charge in [0, 0.05) is 20.1 Å². The van der Waals surface area contributed by atoms with E-state index in [4.69, 9.17) is 11.6 Å². The molecular weight excluding hydrogens is 346 g/mol. The highest BCUT2D eigenvalue weighted by atomic mass is 79.9. The molecule has 0 saturated carbocycles. The van der Waals surface area contributed by atoms with Crippen molar-refractivity contribution >= 4 is 51.8 Å². The van der Waals surface area contributed by atoms with Gasteiger partial charge in [-0.1, -0.05) is 17.7 Å². The molecule has 2 aromatic carbocycles. The predicted molar refractivity (Wildman–Crippen MR) is 85.5 cm³/mol. The molecule has 2 aromatic rings. The monoisotopic (exact) mass is 355 g/mol. The van der Waals surface area contributed by atoms with Crippen LogP contribution in [-0.4, -0.2) is 5.91 Å². The topological polar surface area (TPSA) is 29.1 Å². The number of anilines is 1. The molecule has 0 aliphatic rings. The maximum absolute atomic E-state index is 12.2. The zero-order chi connectivity index (χ0) is 14.0. The summed E-state index contributed by atoms with van der Waals surface area (Å²) in [5.74, 6) is -0.206. The molecule has 0 aliphatic heterocycles. The second kappa shape index (κ2) is 5.99. The van der Waals surface area contributed by atoms with Gasteiger partial charge in [-0.05, 0) is 58.7 Å². The molecule has 0 fully saturated rings. The predicted octanol–water partition coefficient (Wildman–Crippen LogP) is 4.95. The van der Waals surface area contributed by atoms with E-state index >= 15 is 0 Å². The van der Waals surface area contributed by atoms with Gasteiger partial charge in [-0.15, -0.1) is 12.6 Å². The summed E-state index contributed by atoms with van der Waals surface area (Å²) < 4.78 is 0.723. The zero-order valence-corrected chi connectivity index (χ0v) is 13.3. The number of carbonyl (C=O) groups is 1. The molecule has 1 N–H and O–H groups in total. The molecule has 0 heterocycles. The number of hydrogen-bond acceptors (Lipinski definition) is 2. The van der Waals surface area contributed by atoms with E-state index in [9.17, 15) is 4.79 Å². The third-order valence-electron chi connectivity index (χ3n) is 2.62. The Balaban J connectivity index is 2.25. The van der Waals surface area contributed by atoms with Gasteiger partial charge in [0.1, 0.15) is 0 Å². The van der Waals surface area contributed by atoms with Crippen LogP contribution in [0, 0.1) is 6.92 Å².